The molecule has 0 radical (unpaired) electrons. The molecule has 0 aliphatic heterocycles. The van der Waals surface area contributed by atoms with Gasteiger partial charge in [-0.15, -0.1) is 0 Å². The molecule has 7 heteroatoms. The number of aliphatic carboxylic acids is 1. The Labute approximate surface area is 141 Å². The molecule has 0 saturated heterocycles. The van der Waals surface area contributed by atoms with Gasteiger partial charge >= 0.3 is 5.97 Å². The van der Waals surface area contributed by atoms with Crippen molar-refractivity contribution in [3.63, 3.8) is 0 Å². The molecule has 0 aliphatic rings. The molecule has 1 heterocycles. The van der Waals surface area contributed by atoms with Gasteiger partial charge in [0.25, 0.3) is 0 Å². The first-order valence-electron chi connectivity index (χ1n) is 7.44. The van der Waals surface area contributed by atoms with Crippen LogP contribution in [-0.4, -0.2) is 35.3 Å². The van der Waals surface area contributed by atoms with Gasteiger partial charge in [-0.1, -0.05) is 24.3 Å². The highest BCUT2D eigenvalue weighted by atomic mass is 32.2. The smallest absolute Gasteiger partial charge is 0.318 e. The Morgan fingerprint density at radius 2 is 1.79 bits per heavy atom. The molecule has 128 valence electrons. The molecule has 0 unspecified atom stereocenters. The lowest BCUT2D eigenvalue weighted by molar-refractivity contribution is -0.137. The topological polar surface area (TPSA) is 87.6 Å². The van der Waals surface area contributed by atoms with Crippen LogP contribution in [0.25, 0.3) is 0 Å². The number of hydrogen-bond acceptors (Lipinski definition) is 4. The number of carbonyl (C=O) groups is 1. The van der Waals surface area contributed by atoms with E-state index in [4.69, 9.17) is 5.11 Å². The van der Waals surface area contributed by atoms with E-state index in [1.165, 1.54) is 0 Å². The Hall–Kier alpha value is -2.25. The van der Waals surface area contributed by atoms with Gasteiger partial charge in [0.15, 0.2) is 0 Å². The molecule has 0 fully saturated rings. The Balaban J connectivity index is 2.31. The maximum atomic E-state index is 12.8. The molecule has 0 saturated carbocycles. The molecule has 24 heavy (non-hydrogen) atoms. The lowest BCUT2D eigenvalue weighted by Crippen LogP contribution is -2.36. The fraction of sp³-hybridized carbons (Fsp3) is 0.294. The second kappa shape index (κ2) is 7.55. The number of aryl methyl sites for hydroxylation is 2. The van der Waals surface area contributed by atoms with E-state index in [1.54, 1.807) is 24.4 Å². The third-order valence-corrected chi connectivity index (χ3v) is 5.44. The van der Waals surface area contributed by atoms with Crippen LogP contribution < -0.4 is 0 Å². The predicted octanol–water partition coefficient (Wildman–Crippen LogP) is 2.12. The first-order valence-corrected chi connectivity index (χ1v) is 9.05. The van der Waals surface area contributed by atoms with Crippen LogP contribution in [-0.2, 0) is 27.1 Å². The molecule has 2 rings (SSSR count). The number of carboxylic acids is 1. The molecule has 0 amide bonds. The molecule has 2 aromatic rings. The molecule has 0 aliphatic carbocycles. The molecular weight excluding hydrogens is 328 g/mol. The van der Waals surface area contributed by atoms with E-state index in [0.29, 0.717) is 11.3 Å². The third-order valence-electron chi connectivity index (χ3n) is 3.74. The van der Waals surface area contributed by atoms with E-state index in [9.17, 15) is 13.2 Å². The minimum Gasteiger partial charge on any atom is -0.480 e. The second-order valence-corrected chi connectivity index (χ2v) is 7.58. The zero-order valence-corrected chi connectivity index (χ0v) is 14.5. The number of nitrogens with zero attached hydrogens (tertiary/aromatic N) is 2. The van der Waals surface area contributed by atoms with Crippen LogP contribution in [0.4, 0.5) is 0 Å². The Morgan fingerprint density at radius 3 is 2.33 bits per heavy atom. The van der Waals surface area contributed by atoms with Crippen molar-refractivity contribution in [1.82, 2.24) is 9.29 Å². The van der Waals surface area contributed by atoms with E-state index in [-0.39, 0.29) is 12.3 Å². The monoisotopic (exact) mass is 348 g/mol. The van der Waals surface area contributed by atoms with Gasteiger partial charge in [-0.05, 0) is 42.7 Å². The molecule has 0 atom stereocenters. The first kappa shape index (κ1) is 18.1. The van der Waals surface area contributed by atoms with Crippen LogP contribution in [0.5, 0.6) is 0 Å². The molecule has 0 spiro atoms. The molecule has 0 bridgehead atoms. The number of rotatable bonds is 7. The van der Waals surface area contributed by atoms with E-state index < -0.39 is 22.5 Å². The van der Waals surface area contributed by atoms with Gasteiger partial charge < -0.3 is 5.11 Å². The summed E-state index contributed by atoms with van der Waals surface area (Å²) in [5.74, 6) is -1.43. The van der Waals surface area contributed by atoms with Crippen LogP contribution in [0, 0.1) is 13.8 Å². The summed E-state index contributed by atoms with van der Waals surface area (Å²) >= 11 is 0. The number of benzene rings is 1. The number of aromatic nitrogens is 1. The molecule has 1 aromatic carbocycles. The normalized spacial score (nSPS) is 11.6. The third kappa shape index (κ3) is 4.62. The lowest BCUT2D eigenvalue weighted by atomic mass is 10.1. The summed E-state index contributed by atoms with van der Waals surface area (Å²) in [6.07, 6.45) is 1.55. The maximum absolute atomic E-state index is 12.8. The SMILES string of the molecule is Cc1cccc(C)c1CS(=O)(=O)N(CC(=O)O)Cc1ccccn1. The maximum Gasteiger partial charge on any atom is 0.318 e. The quantitative estimate of drug-likeness (QED) is 0.828. The van der Waals surface area contributed by atoms with Crippen molar-refractivity contribution in [3.05, 3.63) is 65.0 Å². The summed E-state index contributed by atoms with van der Waals surface area (Å²) in [7, 11) is -3.80. The summed E-state index contributed by atoms with van der Waals surface area (Å²) in [4.78, 5) is 15.2. The molecule has 1 N–H and O–H groups in total. The fourth-order valence-corrected chi connectivity index (χ4v) is 4.06. The zero-order valence-electron chi connectivity index (χ0n) is 13.6. The fourth-order valence-electron chi connectivity index (χ4n) is 2.43. The predicted molar refractivity (Wildman–Crippen MR) is 90.8 cm³/mol. The van der Waals surface area contributed by atoms with Crippen molar-refractivity contribution in [1.29, 1.82) is 0 Å². The number of carboxylic acid groups (broad SMARTS) is 1. The minimum absolute atomic E-state index is 0.0690. The van der Waals surface area contributed by atoms with Gasteiger partial charge in [0.05, 0.1) is 18.0 Å². The highest BCUT2D eigenvalue weighted by molar-refractivity contribution is 7.88. The van der Waals surface area contributed by atoms with Gasteiger partial charge in [-0.3, -0.25) is 9.78 Å². The average molecular weight is 348 g/mol. The van der Waals surface area contributed by atoms with E-state index in [1.807, 2.05) is 32.0 Å². The molecular formula is C17H20N2O4S. The van der Waals surface area contributed by atoms with Crippen molar-refractivity contribution in [2.24, 2.45) is 0 Å². The van der Waals surface area contributed by atoms with Gasteiger partial charge in [-0.25, -0.2) is 8.42 Å². The van der Waals surface area contributed by atoms with Gasteiger partial charge in [0, 0.05) is 6.20 Å². The molecule has 6 nitrogen and oxygen atoms in total. The largest absolute Gasteiger partial charge is 0.480 e. The van der Waals surface area contributed by atoms with E-state index in [2.05, 4.69) is 4.98 Å². The van der Waals surface area contributed by atoms with Crippen LogP contribution in [0.15, 0.2) is 42.6 Å². The summed E-state index contributed by atoms with van der Waals surface area (Å²) in [6, 6.07) is 10.7. The van der Waals surface area contributed by atoms with Crippen molar-refractivity contribution >= 4 is 16.0 Å². The Bertz CT molecular complexity index is 799. The van der Waals surface area contributed by atoms with Crippen LogP contribution in [0.2, 0.25) is 0 Å². The number of hydrogen-bond donors (Lipinski definition) is 1. The van der Waals surface area contributed by atoms with E-state index in [0.717, 1.165) is 15.4 Å². The van der Waals surface area contributed by atoms with Crippen molar-refractivity contribution in [2.45, 2.75) is 26.1 Å². The highest BCUT2D eigenvalue weighted by Gasteiger charge is 2.26. The number of pyridine rings is 1. The summed E-state index contributed by atoms with van der Waals surface area (Å²) in [5, 5.41) is 9.07. The van der Waals surface area contributed by atoms with Gasteiger partial charge in [0.1, 0.15) is 6.54 Å². The van der Waals surface area contributed by atoms with Gasteiger partial charge in [0.2, 0.25) is 10.0 Å². The highest BCUT2D eigenvalue weighted by Crippen LogP contribution is 2.19. The summed E-state index contributed by atoms with van der Waals surface area (Å²) < 4.78 is 26.5. The van der Waals surface area contributed by atoms with Crippen LogP contribution in [0.1, 0.15) is 22.4 Å². The van der Waals surface area contributed by atoms with Crippen LogP contribution >= 0.6 is 0 Å². The summed E-state index contributed by atoms with van der Waals surface area (Å²) in [5.41, 5.74) is 2.94. The zero-order chi connectivity index (χ0) is 17.7. The van der Waals surface area contributed by atoms with Crippen molar-refractivity contribution in [2.75, 3.05) is 6.54 Å². The van der Waals surface area contributed by atoms with Crippen molar-refractivity contribution < 1.29 is 18.3 Å². The van der Waals surface area contributed by atoms with Crippen LogP contribution in [0.3, 0.4) is 0 Å². The second-order valence-electron chi connectivity index (χ2n) is 5.61. The first-order chi connectivity index (χ1) is 11.3. The average Bonchev–Trinajstić information content (AvgIpc) is 2.51. The van der Waals surface area contributed by atoms with E-state index >= 15 is 0 Å². The number of sulfonamides is 1. The summed E-state index contributed by atoms with van der Waals surface area (Å²) in [6.45, 7) is 3.03. The lowest BCUT2D eigenvalue weighted by Gasteiger charge is -2.21. The van der Waals surface area contributed by atoms with Gasteiger partial charge in [-0.2, -0.15) is 4.31 Å². The minimum atomic E-state index is -3.80. The van der Waals surface area contributed by atoms with Crippen molar-refractivity contribution in [3.8, 4) is 0 Å². The molecule has 1 aromatic heterocycles. The Kier molecular flexibility index (Phi) is 5.69. The standard InChI is InChI=1S/C17H20N2O4S/c1-13-6-5-7-14(2)16(13)12-24(22,23)19(11-17(20)21)10-15-8-3-4-9-18-15/h3-9H,10-12H2,1-2H3,(H,20,21). The Morgan fingerprint density at radius 1 is 1.12 bits per heavy atom.